The summed E-state index contributed by atoms with van der Waals surface area (Å²) in [5, 5.41) is 11.5. The van der Waals surface area contributed by atoms with E-state index in [0.29, 0.717) is 25.6 Å². The number of nitrogen functional groups attached to an aromatic ring is 1. The molecule has 6 nitrogen and oxygen atoms in total. The first kappa shape index (κ1) is 12.2. The minimum Gasteiger partial charge on any atom is -0.394 e. The summed E-state index contributed by atoms with van der Waals surface area (Å²) in [4.78, 5) is 7.81. The first-order chi connectivity index (χ1) is 7.24. The lowest BCUT2D eigenvalue weighted by atomic mass is 10.5. The summed E-state index contributed by atoms with van der Waals surface area (Å²) in [5.41, 5.74) is 5.43. The van der Waals surface area contributed by atoms with Gasteiger partial charge in [0.15, 0.2) is 0 Å². The second-order valence-corrected chi connectivity index (χ2v) is 3.54. The van der Waals surface area contributed by atoms with Crippen LogP contribution in [0, 0.1) is 0 Å². The third-order valence-electron chi connectivity index (χ3n) is 1.54. The van der Waals surface area contributed by atoms with Gasteiger partial charge in [0.2, 0.25) is 5.95 Å². The molecule has 4 N–H and O–H groups in total. The maximum Gasteiger partial charge on any atom is 0.221 e. The molecule has 0 aliphatic rings. The van der Waals surface area contributed by atoms with E-state index in [0.717, 1.165) is 4.47 Å². The first-order valence-corrected chi connectivity index (χ1v) is 5.24. The molecule has 0 aliphatic carbocycles. The zero-order chi connectivity index (χ0) is 11.1. The molecular weight excluding hydrogens is 264 g/mol. The van der Waals surface area contributed by atoms with Crippen LogP contribution in [0.5, 0.6) is 0 Å². The Balaban J connectivity index is 2.33. The molecule has 1 rings (SSSR count). The van der Waals surface area contributed by atoms with E-state index in [1.807, 2.05) is 0 Å². The molecule has 0 atom stereocenters. The SMILES string of the molecule is Nc1ncc(Br)c(NCCOCCO)n1. The van der Waals surface area contributed by atoms with Crippen molar-refractivity contribution in [1.82, 2.24) is 9.97 Å². The number of anilines is 2. The Bertz CT molecular complexity index is 311. The highest BCUT2D eigenvalue weighted by molar-refractivity contribution is 9.10. The number of nitrogens with two attached hydrogens (primary N) is 1. The molecule has 1 aromatic heterocycles. The van der Waals surface area contributed by atoms with Gasteiger partial charge < -0.3 is 20.9 Å². The van der Waals surface area contributed by atoms with Gasteiger partial charge >= 0.3 is 0 Å². The van der Waals surface area contributed by atoms with Crippen LogP contribution in [-0.2, 0) is 4.74 Å². The number of aliphatic hydroxyl groups is 1. The van der Waals surface area contributed by atoms with Gasteiger partial charge in [-0.2, -0.15) is 4.98 Å². The first-order valence-electron chi connectivity index (χ1n) is 4.44. The van der Waals surface area contributed by atoms with Crippen molar-refractivity contribution in [3.8, 4) is 0 Å². The largest absolute Gasteiger partial charge is 0.394 e. The van der Waals surface area contributed by atoms with E-state index in [9.17, 15) is 0 Å². The molecule has 0 saturated carbocycles. The molecule has 0 saturated heterocycles. The van der Waals surface area contributed by atoms with Crippen LogP contribution in [0.25, 0.3) is 0 Å². The number of hydrogen-bond acceptors (Lipinski definition) is 6. The Morgan fingerprint density at radius 2 is 2.33 bits per heavy atom. The van der Waals surface area contributed by atoms with Crippen molar-refractivity contribution in [1.29, 1.82) is 0 Å². The molecule has 0 spiro atoms. The van der Waals surface area contributed by atoms with Crippen LogP contribution in [0.15, 0.2) is 10.7 Å². The Morgan fingerprint density at radius 1 is 1.53 bits per heavy atom. The van der Waals surface area contributed by atoms with E-state index in [4.69, 9.17) is 15.6 Å². The van der Waals surface area contributed by atoms with E-state index in [1.165, 1.54) is 0 Å². The minimum atomic E-state index is 0.0319. The Kier molecular flexibility index (Phi) is 5.30. The summed E-state index contributed by atoms with van der Waals surface area (Å²) in [5.74, 6) is 0.854. The fourth-order valence-electron chi connectivity index (χ4n) is 0.913. The van der Waals surface area contributed by atoms with Crippen molar-refractivity contribution in [2.45, 2.75) is 0 Å². The number of hydrogen-bond donors (Lipinski definition) is 3. The molecular formula is C8H13BrN4O2. The van der Waals surface area contributed by atoms with E-state index < -0.39 is 0 Å². The van der Waals surface area contributed by atoms with Crippen molar-refractivity contribution >= 4 is 27.7 Å². The van der Waals surface area contributed by atoms with Crippen LogP contribution in [0.2, 0.25) is 0 Å². The fourth-order valence-corrected chi connectivity index (χ4v) is 1.24. The summed E-state index contributed by atoms with van der Waals surface area (Å²) in [6.45, 7) is 1.46. The van der Waals surface area contributed by atoms with E-state index in [1.54, 1.807) is 6.20 Å². The quantitative estimate of drug-likeness (QED) is 0.645. The molecule has 0 radical (unpaired) electrons. The number of nitrogens with zero attached hydrogens (tertiary/aromatic N) is 2. The summed E-state index contributed by atoms with van der Waals surface area (Å²) in [6.07, 6.45) is 1.58. The van der Waals surface area contributed by atoms with Gasteiger partial charge in [0, 0.05) is 12.7 Å². The average molecular weight is 277 g/mol. The topological polar surface area (TPSA) is 93.3 Å². The number of halogens is 1. The van der Waals surface area contributed by atoms with Crippen molar-refractivity contribution in [2.24, 2.45) is 0 Å². The maximum absolute atomic E-state index is 8.47. The van der Waals surface area contributed by atoms with Crippen molar-refractivity contribution in [3.05, 3.63) is 10.7 Å². The lowest BCUT2D eigenvalue weighted by molar-refractivity contribution is 0.0992. The van der Waals surface area contributed by atoms with Crippen LogP contribution in [0.4, 0.5) is 11.8 Å². The molecule has 1 heterocycles. The highest BCUT2D eigenvalue weighted by Gasteiger charge is 2.01. The maximum atomic E-state index is 8.47. The molecule has 0 aliphatic heterocycles. The zero-order valence-corrected chi connectivity index (χ0v) is 9.70. The van der Waals surface area contributed by atoms with Crippen molar-refractivity contribution < 1.29 is 9.84 Å². The zero-order valence-electron chi connectivity index (χ0n) is 8.11. The summed E-state index contributed by atoms with van der Waals surface area (Å²) >= 11 is 3.29. The van der Waals surface area contributed by atoms with E-state index >= 15 is 0 Å². The normalized spacial score (nSPS) is 10.3. The molecule has 0 fully saturated rings. The third kappa shape index (κ3) is 4.41. The number of ether oxygens (including phenoxy) is 1. The highest BCUT2D eigenvalue weighted by atomic mass is 79.9. The molecule has 15 heavy (non-hydrogen) atoms. The molecule has 7 heteroatoms. The Morgan fingerprint density at radius 3 is 3.07 bits per heavy atom. The predicted molar refractivity (Wildman–Crippen MR) is 60.5 cm³/mol. The number of rotatable bonds is 6. The molecule has 0 bridgehead atoms. The van der Waals surface area contributed by atoms with Gasteiger partial charge in [0.25, 0.3) is 0 Å². The van der Waals surface area contributed by atoms with Gasteiger partial charge in [-0.05, 0) is 15.9 Å². The monoisotopic (exact) mass is 276 g/mol. The Labute approximate surface area is 96.0 Å². The van der Waals surface area contributed by atoms with Crippen LogP contribution in [0.3, 0.4) is 0 Å². The summed E-state index contributed by atoms with van der Waals surface area (Å²) in [7, 11) is 0. The number of aromatic nitrogens is 2. The van der Waals surface area contributed by atoms with E-state index in [2.05, 4.69) is 31.2 Å². The minimum absolute atomic E-state index is 0.0319. The van der Waals surface area contributed by atoms with Gasteiger partial charge in [-0.15, -0.1) is 0 Å². The fraction of sp³-hybridized carbons (Fsp3) is 0.500. The van der Waals surface area contributed by atoms with Gasteiger partial charge in [-0.3, -0.25) is 0 Å². The van der Waals surface area contributed by atoms with Crippen molar-refractivity contribution in [3.63, 3.8) is 0 Å². The average Bonchev–Trinajstić information content (AvgIpc) is 2.23. The number of aliphatic hydroxyl groups excluding tert-OH is 1. The Hall–Kier alpha value is -0.920. The lowest BCUT2D eigenvalue weighted by Crippen LogP contribution is -2.13. The van der Waals surface area contributed by atoms with Gasteiger partial charge in [-0.25, -0.2) is 4.98 Å². The lowest BCUT2D eigenvalue weighted by Gasteiger charge is -2.07. The highest BCUT2D eigenvalue weighted by Crippen LogP contribution is 2.18. The van der Waals surface area contributed by atoms with Crippen LogP contribution in [0.1, 0.15) is 0 Å². The van der Waals surface area contributed by atoms with Gasteiger partial charge in [-0.1, -0.05) is 0 Å². The van der Waals surface area contributed by atoms with Gasteiger partial charge in [0.1, 0.15) is 5.82 Å². The van der Waals surface area contributed by atoms with Crippen LogP contribution >= 0.6 is 15.9 Å². The smallest absolute Gasteiger partial charge is 0.221 e. The second-order valence-electron chi connectivity index (χ2n) is 2.69. The molecule has 0 aromatic carbocycles. The summed E-state index contributed by atoms with van der Waals surface area (Å²) < 4.78 is 5.82. The standard InChI is InChI=1S/C8H13BrN4O2/c9-6-5-12-8(10)13-7(6)11-1-3-15-4-2-14/h5,14H,1-4H2,(H3,10,11,12,13). The van der Waals surface area contributed by atoms with Crippen molar-refractivity contribution in [2.75, 3.05) is 37.4 Å². The molecule has 1 aromatic rings. The predicted octanol–water partition coefficient (Wildman–Crippen LogP) is 0.242. The molecule has 84 valence electrons. The second kappa shape index (κ2) is 6.54. The van der Waals surface area contributed by atoms with E-state index in [-0.39, 0.29) is 12.6 Å². The van der Waals surface area contributed by atoms with Crippen LogP contribution < -0.4 is 11.1 Å². The van der Waals surface area contributed by atoms with Gasteiger partial charge in [0.05, 0.1) is 24.3 Å². The number of nitrogens with one attached hydrogen (secondary N) is 1. The summed E-state index contributed by atoms with van der Waals surface area (Å²) in [6, 6.07) is 0. The molecule has 0 unspecified atom stereocenters. The molecule has 0 amide bonds. The third-order valence-corrected chi connectivity index (χ3v) is 2.12. The van der Waals surface area contributed by atoms with Crippen LogP contribution in [-0.4, -0.2) is 41.4 Å².